The van der Waals surface area contributed by atoms with Crippen LogP contribution in [0.15, 0.2) is 0 Å². The van der Waals surface area contributed by atoms with Crippen LogP contribution in [-0.4, -0.2) is 72.7 Å². The van der Waals surface area contributed by atoms with Crippen molar-refractivity contribution in [1.29, 1.82) is 0 Å². The van der Waals surface area contributed by atoms with Gasteiger partial charge >= 0.3 is 0 Å². The maximum atomic E-state index is 12.6. The number of likely N-dealkylation sites (tertiary alicyclic amines) is 1. The predicted octanol–water partition coefficient (Wildman–Crippen LogP) is 0.288. The minimum atomic E-state index is -0.361. The molecule has 0 radical (unpaired) electrons. The highest BCUT2D eigenvalue weighted by Gasteiger charge is 2.36. The van der Waals surface area contributed by atoms with E-state index in [-0.39, 0.29) is 18.1 Å². The number of aliphatic hydroxyl groups is 1. The third kappa shape index (κ3) is 3.93. The number of piperidine rings is 1. The average Bonchev–Trinajstić information content (AvgIpc) is 2.72. The number of carbonyl (C=O) groups is 1. The predicted molar refractivity (Wildman–Crippen MR) is 79.5 cm³/mol. The number of hydrogen-bond donors (Lipinski definition) is 2. The van der Waals surface area contributed by atoms with Gasteiger partial charge in [-0.3, -0.25) is 4.79 Å². The van der Waals surface area contributed by atoms with Crippen LogP contribution in [0.3, 0.4) is 0 Å². The quantitative estimate of drug-likeness (QED) is 0.778. The maximum Gasteiger partial charge on any atom is 0.224 e. The van der Waals surface area contributed by atoms with Crippen LogP contribution in [0.4, 0.5) is 0 Å². The molecule has 2 rings (SSSR count). The summed E-state index contributed by atoms with van der Waals surface area (Å²) in [5, 5.41) is 13.3. The van der Waals surface area contributed by atoms with Gasteiger partial charge in [-0.25, -0.2) is 0 Å². The Balaban J connectivity index is 1.92. The first-order valence-corrected chi connectivity index (χ1v) is 7.83. The lowest BCUT2D eigenvalue weighted by Crippen LogP contribution is -2.47. The van der Waals surface area contributed by atoms with Crippen LogP contribution in [0.5, 0.6) is 0 Å². The van der Waals surface area contributed by atoms with E-state index in [1.807, 2.05) is 19.0 Å². The number of amides is 1. The summed E-state index contributed by atoms with van der Waals surface area (Å²) in [5.41, 5.74) is 0. The molecule has 2 heterocycles. The van der Waals surface area contributed by atoms with Crippen LogP contribution in [0.25, 0.3) is 0 Å². The van der Waals surface area contributed by atoms with Crippen molar-refractivity contribution in [2.75, 3.05) is 33.7 Å². The van der Waals surface area contributed by atoms with Crippen molar-refractivity contribution >= 4 is 5.91 Å². The number of hydrogen-bond acceptors (Lipinski definition) is 4. The molecule has 0 aliphatic carbocycles. The molecule has 0 bridgehead atoms. The molecule has 2 aliphatic heterocycles. The van der Waals surface area contributed by atoms with Crippen LogP contribution in [0, 0.1) is 5.92 Å². The maximum absolute atomic E-state index is 12.6. The highest BCUT2D eigenvalue weighted by Crippen LogP contribution is 2.23. The summed E-state index contributed by atoms with van der Waals surface area (Å²) in [7, 11) is 4.02. The Bertz CT molecular complexity index is 335. The Kier molecular flexibility index (Phi) is 5.41. The van der Waals surface area contributed by atoms with Crippen molar-refractivity contribution in [1.82, 2.24) is 15.1 Å². The number of carbonyl (C=O) groups excluding carboxylic acids is 1. The smallest absolute Gasteiger partial charge is 0.224 e. The lowest BCUT2D eigenvalue weighted by atomic mass is 9.90. The second-order valence-electron chi connectivity index (χ2n) is 6.74. The van der Waals surface area contributed by atoms with Crippen LogP contribution in [-0.2, 0) is 4.79 Å². The van der Waals surface area contributed by atoms with E-state index in [4.69, 9.17) is 0 Å². The molecule has 2 fully saturated rings. The molecule has 0 aromatic rings. The molecule has 4 atom stereocenters. The first-order valence-electron chi connectivity index (χ1n) is 7.83. The van der Waals surface area contributed by atoms with E-state index in [0.29, 0.717) is 31.3 Å². The zero-order chi connectivity index (χ0) is 14.7. The van der Waals surface area contributed by atoms with Crippen LogP contribution in [0.2, 0.25) is 0 Å². The molecule has 0 saturated carbocycles. The van der Waals surface area contributed by atoms with Gasteiger partial charge in [0.05, 0.1) is 6.10 Å². The van der Waals surface area contributed by atoms with E-state index in [0.717, 1.165) is 13.1 Å². The van der Waals surface area contributed by atoms with Gasteiger partial charge in [-0.05, 0) is 45.8 Å². The topological polar surface area (TPSA) is 55.8 Å². The van der Waals surface area contributed by atoms with Crippen molar-refractivity contribution in [3.05, 3.63) is 0 Å². The van der Waals surface area contributed by atoms with Gasteiger partial charge in [0.1, 0.15) is 0 Å². The molecule has 2 aliphatic rings. The Labute approximate surface area is 122 Å². The molecule has 4 unspecified atom stereocenters. The first-order chi connectivity index (χ1) is 9.47. The number of nitrogens with zero attached hydrogens (tertiary/aromatic N) is 2. The molecule has 5 heteroatoms. The van der Waals surface area contributed by atoms with Crippen LogP contribution in [0.1, 0.15) is 32.6 Å². The highest BCUT2D eigenvalue weighted by molar-refractivity contribution is 5.77. The zero-order valence-electron chi connectivity index (χ0n) is 13.0. The fraction of sp³-hybridized carbons (Fsp3) is 0.933. The van der Waals surface area contributed by atoms with Gasteiger partial charge in [0, 0.05) is 31.6 Å². The van der Waals surface area contributed by atoms with Gasteiger partial charge in [-0.2, -0.15) is 0 Å². The monoisotopic (exact) mass is 283 g/mol. The van der Waals surface area contributed by atoms with Crippen molar-refractivity contribution in [3.8, 4) is 0 Å². The summed E-state index contributed by atoms with van der Waals surface area (Å²) in [6.07, 6.45) is 3.32. The van der Waals surface area contributed by atoms with Crippen LogP contribution < -0.4 is 5.32 Å². The summed E-state index contributed by atoms with van der Waals surface area (Å²) >= 11 is 0. The average molecular weight is 283 g/mol. The molecular weight excluding hydrogens is 254 g/mol. The Hall–Kier alpha value is -0.650. The van der Waals surface area contributed by atoms with E-state index >= 15 is 0 Å². The normalized spacial score (nSPS) is 34.8. The molecule has 2 saturated heterocycles. The third-order valence-corrected chi connectivity index (χ3v) is 4.61. The largest absolute Gasteiger partial charge is 0.391 e. The van der Waals surface area contributed by atoms with E-state index < -0.39 is 0 Å². The minimum Gasteiger partial charge on any atom is -0.391 e. The minimum absolute atomic E-state index is 0.159. The lowest BCUT2D eigenvalue weighted by Gasteiger charge is -2.33. The van der Waals surface area contributed by atoms with E-state index in [1.54, 1.807) is 0 Å². The van der Waals surface area contributed by atoms with Crippen molar-refractivity contribution < 1.29 is 9.90 Å². The summed E-state index contributed by atoms with van der Waals surface area (Å²) in [5.74, 6) is 0.757. The van der Waals surface area contributed by atoms with E-state index in [9.17, 15) is 9.90 Å². The van der Waals surface area contributed by atoms with Gasteiger partial charge < -0.3 is 20.2 Å². The van der Waals surface area contributed by atoms with Gasteiger partial charge in [0.25, 0.3) is 0 Å². The van der Waals surface area contributed by atoms with Crippen molar-refractivity contribution in [2.24, 2.45) is 5.92 Å². The fourth-order valence-electron chi connectivity index (χ4n) is 3.48. The highest BCUT2D eigenvalue weighted by atomic mass is 16.3. The third-order valence-electron chi connectivity index (χ3n) is 4.61. The van der Waals surface area contributed by atoms with Gasteiger partial charge in [-0.15, -0.1) is 0 Å². The summed E-state index contributed by atoms with van der Waals surface area (Å²) in [4.78, 5) is 16.5. The second-order valence-corrected chi connectivity index (χ2v) is 6.74. The summed E-state index contributed by atoms with van der Waals surface area (Å²) in [6, 6.07) is 0.459. The molecule has 20 heavy (non-hydrogen) atoms. The van der Waals surface area contributed by atoms with Crippen molar-refractivity contribution in [3.63, 3.8) is 0 Å². The lowest BCUT2D eigenvalue weighted by molar-refractivity contribution is -0.133. The Morgan fingerprint density at radius 3 is 2.85 bits per heavy atom. The molecule has 0 spiro atoms. The number of rotatable bonds is 4. The SMILES string of the molecule is CC1CCCNC1CC(=O)N1CC(O)CC1CN(C)C. The van der Waals surface area contributed by atoms with E-state index in [1.165, 1.54) is 12.8 Å². The number of β-amino-alcohol motifs (C(OH)–C–C–N with tert-alkyl or cyclic N) is 1. The molecule has 2 N–H and O–H groups in total. The standard InChI is InChI=1S/C15H29N3O2/c1-11-5-4-6-16-14(11)8-15(20)18-10-13(19)7-12(18)9-17(2)3/h11-14,16,19H,4-10H2,1-3H3. The molecule has 5 nitrogen and oxygen atoms in total. The molecular formula is C15H29N3O2. The zero-order valence-corrected chi connectivity index (χ0v) is 13.0. The fourth-order valence-corrected chi connectivity index (χ4v) is 3.48. The van der Waals surface area contributed by atoms with Crippen molar-refractivity contribution in [2.45, 2.75) is 50.8 Å². The van der Waals surface area contributed by atoms with Crippen LogP contribution >= 0.6 is 0 Å². The first kappa shape index (κ1) is 15.7. The molecule has 1 amide bonds. The Morgan fingerprint density at radius 1 is 1.45 bits per heavy atom. The molecule has 0 aromatic heterocycles. The second kappa shape index (κ2) is 6.87. The van der Waals surface area contributed by atoms with E-state index in [2.05, 4.69) is 17.1 Å². The number of nitrogens with one attached hydrogen (secondary N) is 1. The summed E-state index contributed by atoms with van der Waals surface area (Å²) in [6.45, 7) is 4.57. The van der Waals surface area contributed by atoms with Gasteiger partial charge in [-0.1, -0.05) is 6.92 Å². The summed E-state index contributed by atoms with van der Waals surface area (Å²) < 4.78 is 0. The number of aliphatic hydroxyl groups excluding tert-OH is 1. The number of likely N-dealkylation sites (N-methyl/N-ethyl adjacent to an activating group) is 1. The van der Waals surface area contributed by atoms with Gasteiger partial charge in [0.2, 0.25) is 5.91 Å². The molecule has 0 aromatic carbocycles. The Morgan fingerprint density at radius 2 is 2.20 bits per heavy atom. The molecule has 116 valence electrons. The van der Waals surface area contributed by atoms with Gasteiger partial charge in [0.15, 0.2) is 0 Å².